The molecular weight excluding hydrogens is 523 g/mol. The predicted octanol–water partition coefficient (Wildman–Crippen LogP) is 5.79. The Morgan fingerprint density at radius 3 is 2.23 bits per heavy atom. The average molecular weight is 554 g/mol. The van der Waals surface area contributed by atoms with E-state index in [0.717, 1.165) is 46.5 Å². The van der Waals surface area contributed by atoms with Crippen molar-refractivity contribution in [3.8, 4) is 11.5 Å². The van der Waals surface area contributed by atoms with E-state index in [0.29, 0.717) is 23.6 Å². The lowest BCUT2D eigenvalue weighted by Crippen LogP contribution is -2.39. The maximum Gasteiger partial charge on any atom is 0.416 e. The van der Waals surface area contributed by atoms with Gasteiger partial charge < -0.3 is 14.4 Å². The zero-order valence-corrected chi connectivity index (χ0v) is 22.9. The van der Waals surface area contributed by atoms with Crippen LogP contribution in [0.1, 0.15) is 50.6 Å². The van der Waals surface area contributed by atoms with Crippen LogP contribution in [0, 0.1) is 13.8 Å². The molecule has 4 rings (SSSR count). The largest absolute Gasteiger partial charge is 0.493 e. The molecule has 2 amide bonds. The lowest BCUT2D eigenvalue weighted by atomic mass is 9.96. The van der Waals surface area contributed by atoms with Gasteiger partial charge in [0, 0.05) is 19.0 Å². The summed E-state index contributed by atoms with van der Waals surface area (Å²) in [6.45, 7) is 3.69. The van der Waals surface area contributed by atoms with Crippen LogP contribution in [0.15, 0.2) is 65.8 Å². The first-order valence-corrected chi connectivity index (χ1v) is 12.5. The third kappa shape index (κ3) is 5.95. The summed E-state index contributed by atoms with van der Waals surface area (Å²) in [7, 11) is 4.48. The van der Waals surface area contributed by atoms with Gasteiger partial charge in [0.2, 0.25) is 0 Å². The predicted molar refractivity (Wildman–Crippen MR) is 145 cm³/mol. The minimum Gasteiger partial charge on any atom is -0.493 e. The highest BCUT2D eigenvalue weighted by Crippen LogP contribution is 2.37. The van der Waals surface area contributed by atoms with Crippen LogP contribution in [-0.4, -0.2) is 55.2 Å². The van der Waals surface area contributed by atoms with E-state index < -0.39 is 29.6 Å². The lowest BCUT2D eigenvalue weighted by Gasteiger charge is -2.25. The fourth-order valence-electron chi connectivity index (χ4n) is 4.52. The molecule has 0 spiro atoms. The molecule has 210 valence electrons. The molecule has 1 aliphatic rings. The molecule has 0 N–H and O–H groups in total. The van der Waals surface area contributed by atoms with Gasteiger partial charge in [-0.2, -0.15) is 18.3 Å². The Kier molecular flexibility index (Phi) is 8.18. The van der Waals surface area contributed by atoms with Gasteiger partial charge in [-0.05, 0) is 78.6 Å². The van der Waals surface area contributed by atoms with Crippen LogP contribution in [0.2, 0.25) is 0 Å². The number of likely N-dealkylation sites (N-methyl/N-ethyl adjacent to an activating group) is 1. The lowest BCUT2D eigenvalue weighted by molar-refractivity contribution is -0.137. The van der Waals surface area contributed by atoms with Crippen LogP contribution >= 0.6 is 0 Å². The maximum atomic E-state index is 13.6. The molecule has 10 heteroatoms. The minimum atomic E-state index is -4.51. The first kappa shape index (κ1) is 28.7. The maximum absolute atomic E-state index is 13.6. The highest BCUT2D eigenvalue weighted by atomic mass is 19.4. The summed E-state index contributed by atoms with van der Waals surface area (Å²) in [5, 5.41) is 6.04. The number of methoxy groups -OCH3 is 2. The standard InChI is InChI=1S/C30H30F3N3O4/c1-18-6-7-21(14-19(18)2)24-16-25(22-10-13-26(39-4)27(15-22)40-5)36(34-24)28(37)17-35(3)29(38)20-8-11-23(12-9-20)30(31,32)33/h6-15,25H,16-17H2,1-5H3. The first-order chi connectivity index (χ1) is 18.9. The molecule has 1 atom stereocenters. The third-order valence-electron chi connectivity index (χ3n) is 6.98. The van der Waals surface area contributed by atoms with Gasteiger partial charge >= 0.3 is 6.18 Å². The minimum absolute atomic E-state index is 0.0421. The molecule has 0 aromatic heterocycles. The third-order valence-corrected chi connectivity index (χ3v) is 6.98. The van der Waals surface area contributed by atoms with E-state index >= 15 is 0 Å². The van der Waals surface area contributed by atoms with Crippen LogP contribution in [0.3, 0.4) is 0 Å². The van der Waals surface area contributed by atoms with E-state index in [2.05, 4.69) is 5.10 Å². The number of halogens is 3. The van der Waals surface area contributed by atoms with E-state index in [1.165, 1.54) is 31.2 Å². The number of nitrogens with zero attached hydrogens (tertiary/aromatic N) is 3. The smallest absolute Gasteiger partial charge is 0.416 e. The zero-order chi connectivity index (χ0) is 29.2. The Balaban J connectivity index is 1.61. The summed E-state index contributed by atoms with van der Waals surface area (Å²) >= 11 is 0. The SMILES string of the molecule is COc1ccc(C2CC(c3ccc(C)c(C)c3)=NN2C(=O)CN(C)C(=O)c2ccc(C(F)(F)F)cc2)cc1OC. The first-order valence-electron chi connectivity index (χ1n) is 12.5. The van der Waals surface area contributed by atoms with Crippen LogP contribution in [0.5, 0.6) is 11.5 Å². The number of carbonyl (C=O) groups is 2. The highest BCUT2D eigenvalue weighted by Gasteiger charge is 2.35. The fourth-order valence-corrected chi connectivity index (χ4v) is 4.52. The van der Waals surface area contributed by atoms with Gasteiger partial charge in [-0.15, -0.1) is 0 Å². The van der Waals surface area contributed by atoms with Crippen molar-refractivity contribution in [2.45, 2.75) is 32.5 Å². The fraction of sp³-hybridized carbons (Fsp3) is 0.300. The second-order valence-electron chi connectivity index (χ2n) is 9.65. The van der Waals surface area contributed by atoms with Crippen molar-refractivity contribution < 1.29 is 32.2 Å². The molecule has 0 saturated carbocycles. The Bertz CT molecular complexity index is 1450. The van der Waals surface area contributed by atoms with Gasteiger partial charge in [0.25, 0.3) is 11.8 Å². The van der Waals surface area contributed by atoms with Crippen molar-refractivity contribution in [3.05, 3.63) is 94.0 Å². The van der Waals surface area contributed by atoms with Crippen molar-refractivity contribution in [1.82, 2.24) is 9.91 Å². The Morgan fingerprint density at radius 2 is 1.62 bits per heavy atom. The molecule has 0 fully saturated rings. The van der Waals surface area contributed by atoms with E-state index in [1.54, 1.807) is 12.1 Å². The number of hydrogen-bond donors (Lipinski definition) is 0. The topological polar surface area (TPSA) is 71.4 Å². The number of amides is 2. The van der Waals surface area contributed by atoms with Crippen LogP contribution in [0.25, 0.3) is 0 Å². The number of ether oxygens (including phenoxy) is 2. The Labute approximate surface area is 230 Å². The molecule has 40 heavy (non-hydrogen) atoms. The molecule has 1 aliphatic heterocycles. The van der Waals surface area contributed by atoms with Crippen molar-refractivity contribution in [2.24, 2.45) is 5.10 Å². The van der Waals surface area contributed by atoms with Crippen molar-refractivity contribution in [3.63, 3.8) is 0 Å². The molecule has 1 unspecified atom stereocenters. The Morgan fingerprint density at radius 1 is 0.950 bits per heavy atom. The summed E-state index contributed by atoms with van der Waals surface area (Å²) < 4.78 is 49.5. The molecule has 0 saturated heterocycles. The molecule has 7 nitrogen and oxygen atoms in total. The number of alkyl halides is 3. The molecule has 0 aliphatic carbocycles. The van der Waals surface area contributed by atoms with Gasteiger partial charge in [0.1, 0.15) is 6.54 Å². The normalized spacial score (nSPS) is 15.1. The number of benzene rings is 3. The van der Waals surface area contributed by atoms with E-state index in [1.807, 2.05) is 38.1 Å². The van der Waals surface area contributed by atoms with Crippen LogP contribution < -0.4 is 9.47 Å². The molecule has 3 aromatic carbocycles. The van der Waals surface area contributed by atoms with Gasteiger partial charge in [0.05, 0.1) is 31.5 Å². The second kappa shape index (κ2) is 11.4. The van der Waals surface area contributed by atoms with Gasteiger partial charge in [-0.25, -0.2) is 5.01 Å². The zero-order valence-electron chi connectivity index (χ0n) is 22.9. The number of rotatable bonds is 7. The number of hydrazone groups is 1. The number of aryl methyl sites for hydroxylation is 2. The average Bonchev–Trinajstić information content (AvgIpc) is 3.39. The highest BCUT2D eigenvalue weighted by molar-refractivity contribution is 6.04. The molecular formula is C30H30F3N3O4. The van der Waals surface area contributed by atoms with Gasteiger partial charge in [-0.1, -0.05) is 18.2 Å². The van der Waals surface area contributed by atoms with Crippen molar-refractivity contribution >= 4 is 17.5 Å². The Hall–Kier alpha value is -4.34. The second-order valence-corrected chi connectivity index (χ2v) is 9.65. The summed E-state index contributed by atoms with van der Waals surface area (Å²) in [5.41, 5.74) is 3.78. The number of carbonyl (C=O) groups excluding carboxylic acids is 2. The summed E-state index contributed by atoms with van der Waals surface area (Å²) in [5.74, 6) is 0.0182. The number of hydrogen-bond acceptors (Lipinski definition) is 5. The van der Waals surface area contributed by atoms with E-state index in [-0.39, 0.29) is 12.1 Å². The van der Waals surface area contributed by atoms with Crippen LogP contribution in [-0.2, 0) is 11.0 Å². The van der Waals surface area contributed by atoms with Gasteiger partial charge in [-0.3, -0.25) is 9.59 Å². The van der Waals surface area contributed by atoms with Crippen molar-refractivity contribution in [1.29, 1.82) is 0 Å². The summed E-state index contributed by atoms with van der Waals surface area (Å²) in [6.07, 6.45) is -4.08. The molecule has 0 bridgehead atoms. The monoisotopic (exact) mass is 553 g/mol. The molecule has 3 aromatic rings. The summed E-state index contributed by atoms with van der Waals surface area (Å²) in [4.78, 5) is 27.6. The van der Waals surface area contributed by atoms with Gasteiger partial charge in [0.15, 0.2) is 11.5 Å². The molecule has 1 heterocycles. The van der Waals surface area contributed by atoms with E-state index in [9.17, 15) is 22.8 Å². The summed E-state index contributed by atoms with van der Waals surface area (Å²) in [6, 6.07) is 14.8. The quantitative estimate of drug-likeness (QED) is 0.372. The van der Waals surface area contributed by atoms with Crippen molar-refractivity contribution in [2.75, 3.05) is 27.8 Å². The molecule has 0 radical (unpaired) electrons. The van der Waals surface area contributed by atoms with E-state index in [4.69, 9.17) is 9.47 Å². The van der Waals surface area contributed by atoms with Crippen LogP contribution in [0.4, 0.5) is 13.2 Å².